The second kappa shape index (κ2) is 7.19. The number of aromatic nitrogens is 1. The molecule has 2 aromatic carbocycles. The van der Waals surface area contributed by atoms with Gasteiger partial charge in [0.05, 0.1) is 0 Å². The fourth-order valence-electron chi connectivity index (χ4n) is 3.59. The number of H-pyrrole nitrogens is 1. The maximum atomic E-state index is 12.8. The van der Waals surface area contributed by atoms with Crippen LogP contribution in [0.25, 0.3) is 10.9 Å². The van der Waals surface area contributed by atoms with E-state index < -0.39 is 0 Å². The maximum Gasteiger partial charge on any atom is 0.270 e. The van der Waals surface area contributed by atoms with Crippen LogP contribution in [0.5, 0.6) is 5.75 Å². The lowest BCUT2D eigenvalue weighted by atomic mass is 9.89. The molecule has 27 heavy (non-hydrogen) atoms. The number of halogens is 1. The molecule has 1 amide bonds. The van der Waals surface area contributed by atoms with Gasteiger partial charge in [-0.25, -0.2) is 0 Å². The van der Waals surface area contributed by atoms with Crippen LogP contribution in [0.2, 0.25) is 0 Å². The number of nitrogens with zero attached hydrogens (tertiary/aromatic N) is 1. The first-order valence-electron chi connectivity index (χ1n) is 8.92. The van der Waals surface area contributed by atoms with E-state index in [1.807, 2.05) is 24.3 Å². The van der Waals surface area contributed by atoms with Crippen LogP contribution in [-0.4, -0.2) is 39.8 Å². The zero-order valence-corrected chi connectivity index (χ0v) is 16.2. The Morgan fingerprint density at radius 2 is 1.74 bits per heavy atom. The third kappa shape index (κ3) is 3.62. The van der Waals surface area contributed by atoms with Gasteiger partial charge in [-0.3, -0.25) is 9.59 Å². The van der Waals surface area contributed by atoms with Crippen molar-refractivity contribution in [3.63, 3.8) is 0 Å². The SMILES string of the molecule is O=C(c1ccc(O)cc1)C1CCN(C(=O)c2cc3ccc(Br)cc3[nH]2)CC1. The molecule has 3 aromatic rings. The second-order valence-electron chi connectivity index (χ2n) is 6.89. The summed E-state index contributed by atoms with van der Waals surface area (Å²) in [6, 6.07) is 14.1. The summed E-state index contributed by atoms with van der Waals surface area (Å²) in [4.78, 5) is 30.4. The predicted molar refractivity (Wildman–Crippen MR) is 107 cm³/mol. The Labute approximate surface area is 165 Å². The highest BCUT2D eigenvalue weighted by atomic mass is 79.9. The lowest BCUT2D eigenvalue weighted by Gasteiger charge is -2.31. The van der Waals surface area contributed by atoms with Gasteiger partial charge in [-0.1, -0.05) is 22.0 Å². The molecule has 0 aliphatic carbocycles. The molecule has 0 atom stereocenters. The van der Waals surface area contributed by atoms with Crippen molar-refractivity contribution in [1.82, 2.24) is 9.88 Å². The first-order valence-corrected chi connectivity index (χ1v) is 9.71. The van der Waals surface area contributed by atoms with Gasteiger partial charge in [-0.15, -0.1) is 0 Å². The van der Waals surface area contributed by atoms with E-state index in [0.717, 1.165) is 15.4 Å². The molecule has 0 radical (unpaired) electrons. The molecule has 2 N–H and O–H groups in total. The minimum atomic E-state index is -0.0859. The number of nitrogens with one attached hydrogen (secondary N) is 1. The predicted octanol–water partition coefficient (Wildman–Crippen LogP) is 4.37. The number of carbonyl (C=O) groups is 2. The number of piperidine rings is 1. The molecule has 4 rings (SSSR count). The van der Waals surface area contributed by atoms with Gasteiger partial charge in [0.2, 0.25) is 0 Å². The van der Waals surface area contributed by atoms with Crippen LogP contribution in [0.4, 0.5) is 0 Å². The highest BCUT2D eigenvalue weighted by molar-refractivity contribution is 9.10. The van der Waals surface area contributed by atoms with Gasteiger partial charge in [0.15, 0.2) is 5.78 Å². The molecule has 1 aliphatic rings. The van der Waals surface area contributed by atoms with Crippen LogP contribution < -0.4 is 0 Å². The van der Waals surface area contributed by atoms with Gasteiger partial charge in [-0.2, -0.15) is 0 Å². The zero-order chi connectivity index (χ0) is 19.0. The number of Topliss-reactive ketones (excluding diaryl/α,β-unsaturated/α-hetero) is 1. The zero-order valence-electron chi connectivity index (χ0n) is 14.6. The van der Waals surface area contributed by atoms with Gasteiger partial charge >= 0.3 is 0 Å². The van der Waals surface area contributed by atoms with Crippen LogP contribution in [0.15, 0.2) is 53.0 Å². The number of carbonyl (C=O) groups excluding carboxylic acids is 2. The summed E-state index contributed by atoms with van der Waals surface area (Å²) >= 11 is 3.44. The van der Waals surface area contributed by atoms with Crippen molar-refractivity contribution in [2.24, 2.45) is 5.92 Å². The molecule has 138 valence electrons. The maximum absolute atomic E-state index is 12.8. The first kappa shape index (κ1) is 17.8. The van der Waals surface area contributed by atoms with Crippen LogP contribution in [0.1, 0.15) is 33.7 Å². The van der Waals surface area contributed by atoms with Crippen LogP contribution in [0, 0.1) is 5.92 Å². The average molecular weight is 427 g/mol. The molecule has 0 spiro atoms. The lowest BCUT2D eigenvalue weighted by Crippen LogP contribution is -2.40. The average Bonchev–Trinajstić information content (AvgIpc) is 3.11. The van der Waals surface area contributed by atoms with E-state index in [0.29, 0.717) is 37.2 Å². The third-order valence-electron chi connectivity index (χ3n) is 5.12. The van der Waals surface area contributed by atoms with E-state index in [-0.39, 0.29) is 23.4 Å². The Bertz CT molecular complexity index is 1000. The van der Waals surface area contributed by atoms with Crippen LogP contribution in [0.3, 0.4) is 0 Å². The monoisotopic (exact) mass is 426 g/mol. The molecule has 1 aromatic heterocycles. The van der Waals surface area contributed by atoms with E-state index >= 15 is 0 Å². The molecule has 2 heterocycles. The number of hydrogen-bond acceptors (Lipinski definition) is 3. The Balaban J connectivity index is 1.42. The van der Waals surface area contributed by atoms with Gasteiger partial charge in [0.25, 0.3) is 5.91 Å². The number of phenolic OH excluding ortho intramolecular Hbond substituents is 1. The molecule has 0 saturated carbocycles. The lowest BCUT2D eigenvalue weighted by molar-refractivity contribution is 0.0646. The summed E-state index contributed by atoms with van der Waals surface area (Å²) in [6.45, 7) is 1.12. The quantitative estimate of drug-likeness (QED) is 0.610. The number of rotatable bonds is 3. The molecule has 5 nitrogen and oxygen atoms in total. The van der Waals surface area contributed by atoms with Crippen molar-refractivity contribution < 1.29 is 14.7 Å². The van der Waals surface area contributed by atoms with E-state index in [4.69, 9.17) is 0 Å². The number of hydrogen-bond donors (Lipinski definition) is 2. The third-order valence-corrected chi connectivity index (χ3v) is 5.61. The minimum absolute atomic E-state index is 0.0298. The van der Waals surface area contributed by atoms with Crippen molar-refractivity contribution in [1.29, 1.82) is 0 Å². The number of aromatic hydroxyl groups is 1. The molecular formula is C21H19BrN2O3. The Kier molecular flexibility index (Phi) is 4.74. The topological polar surface area (TPSA) is 73.4 Å². The number of fused-ring (bicyclic) bond motifs is 1. The summed E-state index contributed by atoms with van der Waals surface area (Å²) in [7, 11) is 0. The number of benzene rings is 2. The summed E-state index contributed by atoms with van der Waals surface area (Å²) in [5.74, 6) is 0.116. The normalized spacial score (nSPS) is 15.2. The molecule has 1 fully saturated rings. The number of ketones is 1. The molecule has 1 aliphatic heterocycles. The van der Waals surface area contributed by atoms with E-state index in [2.05, 4.69) is 20.9 Å². The van der Waals surface area contributed by atoms with Crippen molar-refractivity contribution in [3.8, 4) is 5.75 Å². The largest absolute Gasteiger partial charge is 0.508 e. The van der Waals surface area contributed by atoms with Crippen molar-refractivity contribution in [3.05, 3.63) is 64.3 Å². The molecule has 6 heteroatoms. The number of amides is 1. The Morgan fingerprint density at radius 1 is 1.04 bits per heavy atom. The van der Waals surface area contributed by atoms with Gasteiger partial charge in [-0.05, 0) is 55.3 Å². The highest BCUT2D eigenvalue weighted by Gasteiger charge is 2.29. The first-order chi connectivity index (χ1) is 13.0. The van der Waals surface area contributed by atoms with Gasteiger partial charge in [0, 0.05) is 39.9 Å². The van der Waals surface area contributed by atoms with E-state index in [9.17, 15) is 14.7 Å². The number of likely N-dealkylation sites (tertiary alicyclic amines) is 1. The minimum Gasteiger partial charge on any atom is -0.508 e. The highest BCUT2D eigenvalue weighted by Crippen LogP contribution is 2.25. The van der Waals surface area contributed by atoms with Crippen molar-refractivity contribution >= 4 is 38.5 Å². The smallest absolute Gasteiger partial charge is 0.270 e. The van der Waals surface area contributed by atoms with E-state index in [1.165, 1.54) is 12.1 Å². The molecule has 0 bridgehead atoms. The molecule has 1 saturated heterocycles. The van der Waals surface area contributed by atoms with Crippen LogP contribution >= 0.6 is 15.9 Å². The van der Waals surface area contributed by atoms with Gasteiger partial charge < -0.3 is 15.0 Å². The summed E-state index contributed by atoms with van der Waals surface area (Å²) in [5.41, 5.74) is 2.11. The number of aromatic amines is 1. The fraction of sp³-hybridized carbons (Fsp3) is 0.238. The number of phenols is 1. The summed E-state index contributed by atoms with van der Waals surface area (Å²) < 4.78 is 0.962. The standard InChI is InChI=1S/C21H19BrN2O3/c22-16-4-1-15-11-19(23-18(15)12-16)21(27)24-9-7-14(8-10-24)20(26)13-2-5-17(25)6-3-13/h1-6,11-12,14,23,25H,7-10H2. The summed E-state index contributed by atoms with van der Waals surface area (Å²) in [6.07, 6.45) is 1.30. The fourth-order valence-corrected chi connectivity index (χ4v) is 3.95. The Morgan fingerprint density at radius 3 is 2.44 bits per heavy atom. The second-order valence-corrected chi connectivity index (χ2v) is 7.81. The van der Waals surface area contributed by atoms with Gasteiger partial charge in [0.1, 0.15) is 11.4 Å². The Hall–Kier alpha value is -2.60. The van der Waals surface area contributed by atoms with Crippen molar-refractivity contribution in [2.45, 2.75) is 12.8 Å². The van der Waals surface area contributed by atoms with E-state index in [1.54, 1.807) is 17.0 Å². The van der Waals surface area contributed by atoms with Crippen molar-refractivity contribution in [2.75, 3.05) is 13.1 Å². The van der Waals surface area contributed by atoms with Crippen LogP contribution in [-0.2, 0) is 0 Å². The summed E-state index contributed by atoms with van der Waals surface area (Å²) in [5, 5.41) is 10.4. The molecule has 0 unspecified atom stereocenters. The molecular weight excluding hydrogens is 408 g/mol.